The van der Waals surface area contributed by atoms with Crippen LogP contribution in [0.2, 0.25) is 0 Å². The predicted molar refractivity (Wildman–Crippen MR) is 101 cm³/mol. The van der Waals surface area contributed by atoms with Crippen LogP contribution in [-0.2, 0) is 0 Å². The van der Waals surface area contributed by atoms with Gasteiger partial charge < -0.3 is 21.1 Å². The van der Waals surface area contributed by atoms with E-state index in [0.29, 0.717) is 16.9 Å². The van der Waals surface area contributed by atoms with Gasteiger partial charge in [-0.15, -0.1) is 0 Å². The van der Waals surface area contributed by atoms with Crippen LogP contribution >= 0.6 is 0 Å². The number of nitrogens with zero attached hydrogens (tertiary/aromatic N) is 3. The van der Waals surface area contributed by atoms with E-state index in [1.807, 2.05) is 6.07 Å². The molecule has 140 valence electrons. The van der Waals surface area contributed by atoms with E-state index in [4.69, 9.17) is 15.7 Å². The van der Waals surface area contributed by atoms with Gasteiger partial charge >= 0.3 is 0 Å². The smallest absolute Gasteiger partial charge is 0.252 e. The lowest BCUT2D eigenvalue weighted by Gasteiger charge is -2.14. The number of benzene rings is 2. The Morgan fingerprint density at radius 3 is 2.61 bits per heavy atom. The highest BCUT2D eigenvalue weighted by molar-refractivity contribution is 5.98. The number of nitrogens with one attached hydrogen (secondary N) is 2. The van der Waals surface area contributed by atoms with Crippen molar-refractivity contribution in [3.8, 4) is 11.8 Å². The monoisotopic (exact) mass is 378 g/mol. The summed E-state index contributed by atoms with van der Waals surface area (Å²) >= 11 is 0. The second-order valence-corrected chi connectivity index (χ2v) is 5.58. The molecule has 0 unspecified atom stereocenters. The van der Waals surface area contributed by atoms with Gasteiger partial charge in [0.25, 0.3) is 5.91 Å². The Morgan fingerprint density at radius 1 is 1.21 bits per heavy atom. The molecule has 0 bridgehead atoms. The van der Waals surface area contributed by atoms with Gasteiger partial charge in [0.1, 0.15) is 0 Å². The van der Waals surface area contributed by atoms with Crippen LogP contribution in [0.15, 0.2) is 48.7 Å². The maximum atomic E-state index is 14.2. The summed E-state index contributed by atoms with van der Waals surface area (Å²) in [6.07, 6.45) is 1.01. The number of rotatable bonds is 6. The fraction of sp³-hybridized carbons (Fsp3) is 0.0526. The molecule has 0 aliphatic heterocycles. The van der Waals surface area contributed by atoms with Crippen molar-refractivity contribution in [2.24, 2.45) is 5.73 Å². The van der Waals surface area contributed by atoms with E-state index in [0.717, 1.165) is 6.20 Å². The van der Waals surface area contributed by atoms with Crippen LogP contribution in [0.25, 0.3) is 0 Å². The van der Waals surface area contributed by atoms with Crippen LogP contribution in [0.4, 0.5) is 27.5 Å². The summed E-state index contributed by atoms with van der Waals surface area (Å²) in [6, 6.07) is 13.3. The summed E-state index contributed by atoms with van der Waals surface area (Å²) in [5, 5.41) is 14.6. The molecule has 0 saturated heterocycles. The molecule has 0 aliphatic carbocycles. The second-order valence-electron chi connectivity index (χ2n) is 5.58. The van der Waals surface area contributed by atoms with E-state index in [1.165, 1.54) is 13.2 Å². The molecule has 0 spiro atoms. The van der Waals surface area contributed by atoms with Crippen LogP contribution in [0.5, 0.6) is 5.75 Å². The summed E-state index contributed by atoms with van der Waals surface area (Å²) in [4.78, 5) is 19.5. The highest BCUT2D eigenvalue weighted by Crippen LogP contribution is 2.31. The van der Waals surface area contributed by atoms with Crippen molar-refractivity contribution in [3.05, 3.63) is 65.6 Å². The van der Waals surface area contributed by atoms with Gasteiger partial charge in [-0.2, -0.15) is 10.2 Å². The Balaban J connectivity index is 1.89. The summed E-state index contributed by atoms with van der Waals surface area (Å²) < 4.78 is 19.4. The van der Waals surface area contributed by atoms with Crippen molar-refractivity contribution in [1.29, 1.82) is 5.26 Å². The van der Waals surface area contributed by atoms with Crippen LogP contribution in [-0.4, -0.2) is 23.0 Å². The summed E-state index contributed by atoms with van der Waals surface area (Å²) in [6.45, 7) is 0. The molecule has 0 fully saturated rings. The Bertz CT molecular complexity index is 1060. The molecule has 0 saturated carbocycles. The largest absolute Gasteiger partial charge is 0.494 e. The number of hydrogen-bond acceptors (Lipinski definition) is 7. The average Bonchev–Trinajstić information content (AvgIpc) is 2.70. The number of amides is 1. The van der Waals surface area contributed by atoms with Crippen LogP contribution in [0.1, 0.15) is 15.9 Å². The fourth-order valence-corrected chi connectivity index (χ4v) is 2.45. The van der Waals surface area contributed by atoms with Gasteiger partial charge in [-0.3, -0.25) is 4.79 Å². The minimum atomic E-state index is -0.697. The Morgan fingerprint density at radius 2 is 1.96 bits per heavy atom. The van der Waals surface area contributed by atoms with Crippen molar-refractivity contribution in [3.63, 3.8) is 0 Å². The first-order valence-corrected chi connectivity index (χ1v) is 8.05. The lowest BCUT2D eigenvalue weighted by Crippen LogP contribution is -2.13. The molecular weight excluding hydrogens is 363 g/mol. The number of hydrogen-bond donors (Lipinski definition) is 3. The van der Waals surface area contributed by atoms with Gasteiger partial charge in [0.2, 0.25) is 5.95 Å². The molecule has 2 aromatic carbocycles. The van der Waals surface area contributed by atoms with Crippen LogP contribution in [0.3, 0.4) is 0 Å². The third-order valence-electron chi connectivity index (χ3n) is 3.75. The Kier molecular flexibility index (Phi) is 5.32. The number of nitriles is 1. The molecule has 9 heteroatoms. The number of aromatic nitrogens is 2. The second kappa shape index (κ2) is 8.01. The minimum Gasteiger partial charge on any atom is -0.494 e. The highest BCUT2D eigenvalue weighted by atomic mass is 19.1. The Hall–Kier alpha value is -4.19. The molecule has 0 atom stereocenters. The fourth-order valence-electron chi connectivity index (χ4n) is 2.45. The van der Waals surface area contributed by atoms with Crippen LogP contribution < -0.4 is 21.1 Å². The molecule has 4 N–H and O–H groups in total. The van der Waals surface area contributed by atoms with Gasteiger partial charge in [0, 0.05) is 5.69 Å². The van der Waals surface area contributed by atoms with Gasteiger partial charge in [-0.1, -0.05) is 6.07 Å². The molecule has 0 radical (unpaired) electrons. The number of carbonyl (C=O) groups is 1. The molecule has 0 aliphatic rings. The molecule has 3 rings (SSSR count). The topological polar surface area (TPSA) is 126 Å². The van der Waals surface area contributed by atoms with E-state index in [9.17, 15) is 9.18 Å². The maximum Gasteiger partial charge on any atom is 0.252 e. The normalized spacial score (nSPS) is 10.0. The standard InChI is InChI=1S/C19H15FN6O2/c1-28-16-13(17(22)27)3-2-4-15(16)25-18-14(20)10-23-19(26-18)24-12-7-5-11(9-21)6-8-12/h2-8,10H,1H3,(H2,22,27)(H2,23,24,25,26). The number of methoxy groups -OCH3 is 1. The zero-order valence-corrected chi connectivity index (χ0v) is 14.7. The molecule has 3 aromatic rings. The van der Waals surface area contributed by atoms with Gasteiger partial charge in [-0.25, -0.2) is 9.37 Å². The average molecular weight is 378 g/mol. The van der Waals surface area contributed by atoms with Crippen molar-refractivity contribution in [2.75, 3.05) is 17.7 Å². The minimum absolute atomic E-state index is 0.119. The summed E-state index contributed by atoms with van der Waals surface area (Å²) in [5.74, 6) is -1.18. The summed E-state index contributed by atoms with van der Waals surface area (Å²) in [7, 11) is 1.38. The van der Waals surface area contributed by atoms with Gasteiger partial charge in [0.15, 0.2) is 17.4 Å². The van der Waals surface area contributed by atoms with E-state index in [1.54, 1.807) is 36.4 Å². The maximum absolute atomic E-state index is 14.2. The first-order chi connectivity index (χ1) is 13.5. The first kappa shape index (κ1) is 18.6. The highest BCUT2D eigenvalue weighted by Gasteiger charge is 2.16. The van der Waals surface area contributed by atoms with Crippen molar-refractivity contribution in [1.82, 2.24) is 9.97 Å². The number of para-hydroxylation sites is 1. The molecule has 1 amide bonds. The lowest BCUT2D eigenvalue weighted by atomic mass is 10.1. The van der Waals surface area contributed by atoms with Crippen molar-refractivity contribution < 1.29 is 13.9 Å². The quantitative estimate of drug-likeness (QED) is 0.602. The number of primary amides is 1. The van der Waals surface area contributed by atoms with Crippen LogP contribution in [0, 0.1) is 17.1 Å². The lowest BCUT2D eigenvalue weighted by molar-refractivity contribution is 0.0997. The SMILES string of the molecule is COc1c(Nc2nc(Nc3ccc(C#N)cc3)ncc2F)cccc1C(N)=O. The third kappa shape index (κ3) is 3.96. The van der Waals surface area contributed by atoms with Gasteiger partial charge in [0.05, 0.1) is 36.2 Å². The number of ether oxygens (including phenoxy) is 1. The van der Waals surface area contributed by atoms with Gasteiger partial charge in [-0.05, 0) is 36.4 Å². The molecular formula is C19H15FN6O2. The predicted octanol–water partition coefficient (Wildman–Crippen LogP) is 3.08. The zero-order valence-electron chi connectivity index (χ0n) is 14.7. The number of halogens is 1. The number of carbonyl (C=O) groups excluding carboxylic acids is 1. The summed E-state index contributed by atoms with van der Waals surface area (Å²) in [5.41, 5.74) is 6.95. The van der Waals surface area contributed by atoms with Crippen molar-refractivity contribution >= 4 is 29.0 Å². The van der Waals surface area contributed by atoms with Crippen molar-refractivity contribution in [2.45, 2.75) is 0 Å². The molecule has 8 nitrogen and oxygen atoms in total. The zero-order chi connectivity index (χ0) is 20.1. The molecule has 1 aromatic heterocycles. The Labute approximate surface area is 159 Å². The third-order valence-corrected chi connectivity index (χ3v) is 3.75. The van der Waals surface area contributed by atoms with E-state index in [2.05, 4.69) is 20.6 Å². The van der Waals surface area contributed by atoms with E-state index in [-0.39, 0.29) is 23.1 Å². The first-order valence-electron chi connectivity index (χ1n) is 8.05. The number of anilines is 4. The number of nitrogens with two attached hydrogens (primary N) is 1. The van der Waals surface area contributed by atoms with E-state index < -0.39 is 11.7 Å². The van der Waals surface area contributed by atoms with E-state index >= 15 is 0 Å². The molecule has 1 heterocycles. The molecule has 28 heavy (non-hydrogen) atoms.